The van der Waals surface area contributed by atoms with E-state index in [1.54, 1.807) is 0 Å². The Hall–Kier alpha value is -0.770. The van der Waals surface area contributed by atoms with Gasteiger partial charge in [-0.25, -0.2) is 4.79 Å². The van der Waals surface area contributed by atoms with E-state index >= 15 is 0 Å². The summed E-state index contributed by atoms with van der Waals surface area (Å²) >= 11 is 0. The SMILES string of the molecule is CC(C)(CCN)CCC1CCCN(C(=O)OC(C)(C)C)C1. The van der Waals surface area contributed by atoms with Gasteiger partial charge in [0.05, 0.1) is 0 Å². The molecule has 1 rings (SSSR count). The van der Waals surface area contributed by atoms with Crippen molar-refractivity contribution in [2.45, 2.75) is 72.3 Å². The van der Waals surface area contributed by atoms with Crippen molar-refractivity contribution in [3.8, 4) is 0 Å². The van der Waals surface area contributed by atoms with Crippen molar-refractivity contribution in [3.05, 3.63) is 0 Å². The number of hydrogen-bond donors (Lipinski definition) is 1. The van der Waals surface area contributed by atoms with Crippen molar-refractivity contribution in [3.63, 3.8) is 0 Å². The Kier molecular flexibility index (Phi) is 6.51. The summed E-state index contributed by atoms with van der Waals surface area (Å²) in [5, 5.41) is 0. The summed E-state index contributed by atoms with van der Waals surface area (Å²) in [5.74, 6) is 0.600. The summed E-state index contributed by atoms with van der Waals surface area (Å²) in [5.41, 5.74) is 5.57. The van der Waals surface area contributed by atoms with Crippen LogP contribution >= 0.6 is 0 Å². The number of hydrogen-bond acceptors (Lipinski definition) is 3. The molecule has 0 aromatic rings. The van der Waals surface area contributed by atoms with E-state index in [-0.39, 0.29) is 6.09 Å². The Labute approximate surface area is 130 Å². The van der Waals surface area contributed by atoms with E-state index in [1.807, 2.05) is 25.7 Å². The molecule has 0 aliphatic carbocycles. The zero-order valence-electron chi connectivity index (χ0n) is 14.6. The number of amides is 1. The van der Waals surface area contributed by atoms with Crippen molar-refractivity contribution in [1.29, 1.82) is 0 Å². The van der Waals surface area contributed by atoms with E-state index < -0.39 is 5.60 Å². The van der Waals surface area contributed by atoms with Crippen LogP contribution in [-0.4, -0.2) is 36.2 Å². The molecular weight excluding hydrogens is 264 g/mol. The van der Waals surface area contributed by atoms with Gasteiger partial charge in [0.1, 0.15) is 5.60 Å². The maximum Gasteiger partial charge on any atom is 0.410 e. The lowest BCUT2D eigenvalue weighted by molar-refractivity contribution is 0.0155. The van der Waals surface area contributed by atoms with Gasteiger partial charge in [-0.2, -0.15) is 0 Å². The molecule has 0 saturated carbocycles. The minimum Gasteiger partial charge on any atom is -0.444 e. The standard InChI is InChI=1S/C17H34N2O2/c1-16(2,3)21-15(20)19-12-6-7-14(13-19)8-9-17(4,5)10-11-18/h14H,6-13,18H2,1-5H3. The molecule has 21 heavy (non-hydrogen) atoms. The van der Waals surface area contributed by atoms with Gasteiger partial charge in [-0.05, 0) is 70.8 Å². The highest BCUT2D eigenvalue weighted by Crippen LogP contribution is 2.31. The van der Waals surface area contributed by atoms with Crippen LogP contribution in [-0.2, 0) is 4.74 Å². The normalized spacial score (nSPS) is 20.5. The highest BCUT2D eigenvalue weighted by molar-refractivity contribution is 5.68. The number of piperidine rings is 1. The van der Waals surface area contributed by atoms with Crippen LogP contribution in [0.1, 0.15) is 66.7 Å². The molecular formula is C17H34N2O2. The maximum absolute atomic E-state index is 12.2. The molecule has 1 fully saturated rings. The molecule has 0 aromatic carbocycles. The monoisotopic (exact) mass is 298 g/mol. The van der Waals surface area contributed by atoms with Gasteiger partial charge in [-0.15, -0.1) is 0 Å². The third-order valence-corrected chi connectivity index (χ3v) is 4.22. The van der Waals surface area contributed by atoms with Crippen LogP contribution in [0.3, 0.4) is 0 Å². The van der Waals surface area contributed by atoms with Crippen molar-refractivity contribution in [2.75, 3.05) is 19.6 Å². The summed E-state index contributed by atoms with van der Waals surface area (Å²) in [7, 11) is 0. The third-order valence-electron chi connectivity index (χ3n) is 4.22. The van der Waals surface area contributed by atoms with Gasteiger partial charge < -0.3 is 15.4 Å². The summed E-state index contributed by atoms with van der Waals surface area (Å²) < 4.78 is 5.48. The van der Waals surface area contributed by atoms with Gasteiger partial charge in [-0.1, -0.05) is 13.8 Å². The number of nitrogens with two attached hydrogens (primary N) is 1. The molecule has 1 saturated heterocycles. The highest BCUT2D eigenvalue weighted by atomic mass is 16.6. The molecule has 1 amide bonds. The number of nitrogens with zero attached hydrogens (tertiary/aromatic N) is 1. The summed E-state index contributed by atoms with van der Waals surface area (Å²) in [6.07, 6.45) is 5.56. The minimum atomic E-state index is -0.410. The van der Waals surface area contributed by atoms with Gasteiger partial charge in [0.25, 0.3) is 0 Å². The van der Waals surface area contributed by atoms with E-state index in [0.29, 0.717) is 11.3 Å². The van der Waals surface area contributed by atoms with Gasteiger partial charge in [0.2, 0.25) is 0 Å². The molecule has 1 aliphatic rings. The molecule has 0 bridgehead atoms. The Balaban J connectivity index is 2.43. The molecule has 1 aliphatic heterocycles. The molecule has 1 unspecified atom stereocenters. The van der Waals surface area contributed by atoms with E-state index in [2.05, 4.69) is 13.8 Å². The van der Waals surface area contributed by atoms with Crippen LogP contribution in [0.2, 0.25) is 0 Å². The first-order valence-corrected chi connectivity index (χ1v) is 8.31. The van der Waals surface area contributed by atoms with Gasteiger partial charge in [0, 0.05) is 13.1 Å². The van der Waals surface area contributed by atoms with Crippen LogP contribution in [0.15, 0.2) is 0 Å². The first-order valence-electron chi connectivity index (χ1n) is 8.31. The molecule has 4 heteroatoms. The van der Waals surface area contributed by atoms with Gasteiger partial charge in [-0.3, -0.25) is 0 Å². The fraction of sp³-hybridized carbons (Fsp3) is 0.941. The number of ether oxygens (including phenoxy) is 1. The lowest BCUT2D eigenvalue weighted by atomic mass is 9.80. The molecule has 1 heterocycles. The Morgan fingerprint density at radius 1 is 1.24 bits per heavy atom. The summed E-state index contributed by atoms with van der Waals surface area (Å²) in [6.45, 7) is 12.8. The second-order valence-corrected chi connectivity index (χ2v) is 8.18. The van der Waals surface area contributed by atoms with Crippen LogP contribution in [0.5, 0.6) is 0 Å². The first-order chi connectivity index (χ1) is 9.63. The third kappa shape index (κ3) is 7.16. The predicted octanol–water partition coefficient (Wildman–Crippen LogP) is 3.79. The van der Waals surface area contributed by atoms with Crippen molar-refractivity contribution < 1.29 is 9.53 Å². The zero-order chi connectivity index (χ0) is 16.1. The van der Waals surface area contributed by atoms with Crippen LogP contribution in [0.4, 0.5) is 4.79 Å². The largest absolute Gasteiger partial charge is 0.444 e. The van der Waals surface area contributed by atoms with Crippen molar-refractivity contribution in [2.24, 2.45) is 17.1 Å². The molecule has 0 radical (unpaired) electrons. The smallest absolute Gasteiger partial charge is 0.410 e. The minimum absolute atomic E-state index is 0.159. The number of rotatable bonds is 5. The molecule has 2 N–H and O–H groups in total. The van der Waals surface area contributed by atoms with E-state index in [4.69, 9.17) is 10.5 Å². The fourth-order valence-electron chi connectivity index (χ4n) is 2.90. The van der Waals surface area contributed by atoms with Gasteiger partial charge in [0.15, 0.2) is 0 Å². The Bertz CT molecular complexity index is 334. The second-order valence-electron chi connectivity index (χ2n) is 8.18. The molecule has 1 atom stereocenters. The highest BCUT2D eigenvalue weighted by Gasteiger charge is 2.28. The number of carbonyl (C=O) groups excluding carboxylic acids is 1. The van der Waals surface area contributed by atoms with E-state index in [1.165, 1.54) is 19.3 Å². The van der Waals surface area contributed by atoms with Crippen LogP contribution in [0, 0.1) is 11.3 Å². The van der Waals surface area contributed by atoms with Crippen LogP contribution in [0.25, 0.3) is 0 Å². The van der Waals surface area contributed by atoms with Crippen molar-refractivity contribution >= 4 is 6.09 Å². The molecule has 0 aromatic heterocycles. The number of carbonyl (C=O) groups is 1. The molecule has 0 spiro atoms. The quantitative estimate of drug-likeness (QED) is 0.840. The maximum atomic E-state index is 12.2. The lowest BCUT2D eigenvalue weighted by Gasteiger charge is -2.35. The first kappa shape index (κ1) is 18.3. The Morgan fingerprint density at radius 3 is 2.48 bits per heavy atom. The average Bonchev–Trinajstić information content (AvgIpc) is 2.35. The molecule has 124 valence electrons. The van der Waals surface area contributed by atoms with Crippen molar-refractivity contribution in [1.82, 2.24) is 4.90 Å². The zero-order valence-corrected chi connectivity index (χ0v) is 14.6. The number of likely N-dealkylation sites (tertiary alicyclic amines) is 1. The summed E-state index contributed by atoms with van der Waals surface area (Å²) in [4.78, 5) is 14.0. The van der Waals surface area contributed by atoms with Crippen LogP contribution < -0.4 is 5.73 Å². The predicted molar refractivity (Wildman–Crippen MR) is 87.2 cm³/mol. The van der Waals surface area contributed by atoms with E-state index in [9.17, 15) is 4.79 Å². The topological polar surface area (TPSA) is 55.6 Å². The lowest BCUT2D eigenvalue weighted by Crippen LogP contribution is -2.43. The van der Waals surface area contributed by atoms with Gasteiger partial charge >= 0.3 is 6.09 Å². The Morgan fingerprint density at radius 2 is 1.90 bits per heavy atom. The fourth-order valence-corrected chi connectivity index (χ4v) is 2.90. The average molecular weight is 298 g/mol. The second kappa shape index (κ2) is 7.48. The molecule has 4 nitrogen and oxygen atoms in total. The van der Waals surface area contributed by atoms with E-state index in [0.717, 1.165) is 32.5 Å². The summed E-state index contributed by atoms with van der Waals surface area (Å²) in [6, 6.07) is 0.